The van der Waals surface area contributed by atoms with Gasteiger partial charge in [-0.05, 0) is 67.3 Å². The van der Waals surface area contributed by atoms with E-state index < -0.39 is 0 Å². The summed E-state index contributed by atoms with van der Waals surface area (Å²) in [6.07, 6.45) is 1.27. The van der Waals surface area contributed by atoms with Gasteiger partial charge >= 0.3 is 0 Å². The highest BCUT2D eigenvalue weighted by atomic mass is 32.1. The smallest absolute Gasteiger partial charge is 0.203 e. The van der Waals surface area contributed by atoms with Gasteiger partial charge in [-0.3, -0.25) is 9.69 Å². The number of fused-ring (bicyclic) bond motifs is 1. The maximum Gasteiger partial charge on any atom is 0.203 e. The Morgan fingerprint density at radius 1 is 1.12 bits per heavy atom. The molecule has 1 N–H and O–H groups in total. The number of aryl methyl sites for hydroxylation is 1. The van der Waals surface area contributed by atoms with E-state index >= 15 is 0 Å². The maximum atomic E-state index is 13.6. The lowest BCUT2D eigenvalue weighted by molar-refractivity contribution is 0.104. The van der Waals surface area contributed by atoms with Crippen LogP contribution < -0.4 is 4.74 Å². The van der Waals surface area contributed by atoms with Crippen molar-refractivity contribution in [3.63, 3.8) is 0 Å². The van der Waals surface area contributed by atoms with Crippen molar-refractivity contribution in [2.75, 3.05) is 26.2 Å². The molecule has 0 radical (unpaired) electrons. The highest BCUT2D eigenvalue weighted by Gasteiger charge is 2.22. The minimum atomic E-state index is 0.00829. The van der Waals surface area contributed by atoms with Crippen LogP contribution in [0.2, 0.25) is 0 Å². The van der Waals surface area contributed by atoms with Crippen molar-refractivity contribution in [2.24, 2.45) is 5.92 Å². The summed E-state index contributed by atoms with van der Waals surface area (Å²) >= 11 is 1.43. The molecule has 1 saturated heterocycles. The van der Waals surface area contributed by atoms with Crippen LogP contribution in [0.4, 0.5) is 0 Å². The number of benzene rings is 3. The summed E-state index contributed by atoms with van der Waals surface area (Å²) in [5, 5.41) is 11.0. The van der Waals surface area contributed by atoms with E-state index in [-0.39, 0.29) is 11.5 Å². The van der Waals surface area contributed by atoms with Crippen LogP contribution in [0.3, 0.4) is 0 Å². The first kappa shape index (κ1) is 22.6. The lowest BCUT2D eigenvalue weighted by Crippen LogP contribution is -2.25. The third-order valence-electron chi connectivity index (χ3n) is 6.60. The monoisotopic (exact) mass is 471 g/mol. The van der Waals surface area contributed by atoms with E-state index in [1.54, 1.807) is 12.1 Å². The van der Waals surface area contributed by atoms with Gasteiger partial charge in [-0.15, -0.1) is 11.3 Å². The fourth-order valence-corrected chi connectivity index (χ4v) is 5.93. The second-order valence-corrected chi connectivity index (χ2v) is 10.3. The van der Waals surface area contributed by atoms with E-state index in [4.69, 9.17) is 4.74 Å². The molecule has 3 aromatic carbocycles. The Morgan fingerprint density at radius 3 is 2.65 bits per heavy atom. The second-order valence-electron chi connectivity index (χ2n) is 9.20. The molecule has 0 unspecified atom stereocenters. The quantitative estimate of drug-likeness (QED) is 0.311. The van der Waals surface area contributed by atoms with Crippen molar-refractivity contribution in [3.05, 3.63) is 82.7 Å². The molecule has 174 valence electrons. The van der Waals surface area contributed by atoms with Crippen molar-refractivity contribution in [2.45, 2.75) is 20.3 Å². The molecule has 4 aromatic rings. The van der Waals surface area contributed by atoms with E-state index in [0.29, 0.717) is 17.0 Å². The molecule has 1 aliphatic rings. The number of aromatic hydroxyl groups is 1. The minimum Gasteiger partial charge on any atom is -0.508 e. The van der Waals surface area contributed by atoms with Gasteiger partial charge in [0.2, 0.25) is 5.78 Å². The normalized spacial score (nSPS) is 16.2. The van der Waals surface area contributed by atoms with Gasteiger partial charge in [0.25, 0.3) is 0 Å². The van der Waals surface area contributed by atoms with Crippen LogP contribution in [-0.4, -0.2) is 42.0 Å². The summed E-state index contributed by atoms with van der Waals surface area (Å²) in [5.74, 6) is 1.82. The van der Waals surface area contributed by atoms with E-state index in [2.05, 4.69) is 11.8 Å². The Hall–Kier alpha value is -3.15. The van der Waals surface area contributed by atoms with E-state index in [1.165, 1.54) is 17.8 Å². The van der Waals surface area contributed by atoms with Gasteiger partial charge in [0.15, 0.2) is 0 Å². The Kier molecular flexibility index (Phi) is 6.40. The first-order valence-electron chi connectivity index (χ1n) is 11.8. The van der Waals surface area contributed by atoms with Crippen molar-refractivity contribution in [1.82, 2.24) is 4.90 Å². The highest BCUT2D eigenvalue weighted by molar-refractivity contribution is 7.21. The molecule has 2 heterocycles. The molecule has 0 bridgehead atoms. The summed E-state index contributed by atoms with van der Waals surface area (Å²) < 4.78 is 6.90. The second kappa shape index (κ2) is 9.61. The predicted octanol–water partition coefficient (Wildman–Crippen LogP) is 6.53. The van der Waals surface area contributed by atoms with Crippen molar-refractivity contribution >= 4 is 27.2 Å². The number of nitrogens with zero attached hydrogens (tertiary/aromatic N) is 1. The number of hydrogen-bond donors (Lipinski definition) is 1. The Labute approximate surface area is 204 Å². The molecule has 0 saturated carbocycles. The molecular formula is C29H29NO3S. The third-order valence-corrected chi connectivity index (χ3v) is 7.75. The summed E-state index contributed by atoms with van der Waals surface area (Å²) in [6.45, 7) is 8.18. The zero-order valence-electron chi connectivity index (χ0n) is 19.6. The Morgan fingerprint density at radius 2 is 1.91 bits per heavy atom. The van der Waals surface area contributed by atoms with Crippen LogP contribution in [0.1, 0.15) is 34.1 Å². The minimum absolute atomic E-state index is 0.00829. The summed E-state index contributed by atoms with van der Waals surface area (Å²) in [5.41, 5.74) is 3.53. The maximum absolute atomic E-state index is 13.6. The van der Waals surface area contributed by atoms with Crippen LogP contribution >= 0.6 is 11.3 Å². The number of ether oxygens (including phenoxy) is 1. The first-order chi connectivity index (χ1) is 16.5. The molecule has 5 heteroatoms. The molecule has 1 atom stereocenters. The van der Waals surface area contributed by atoms with Gasteiger partial charge in [-0.1, -0.05) is 43.3 Å². The third kappa shape index (κ3) is 4.59. The number of carbonyl (C=O) groups excluding carboxylic acids is 1. The molecule has 1 fully saturated rings. The van der Waals surface area contributed by atoms with Crippen LogP contribution in [0.25, 0.3) is 21.2 Å². The zero-order valence-corrected chi connectivity index (χ0v) is 20.4. The number of carbonyl (C=O) groups is 1. The molecule has 1 aromatic heterocycles. The van der Waals surface area contributed by atoms with Gasteiger partial charge in [0, 0.05) is 34.3 Å². The van der Waals surface area contributed by atoms with Crippen molar-refractivity contribution in [3.8, 4) is 22.6 Å². The molecule has 0 spiro atoms. The van der Waals surface area contributed by atoms with Crippen LogP contribution in [-0.2, 0) is 0 Å². The Balaban J connectivity index is 1.43. The molecule has 1 aliphatic heterocycles. The van der Waals surface area contributed by atoms with Crippen LogP contribution in [0.15, 0.2) is 66.7 Å². The molecular weight excluding hydrogens is 442 g/mol. The van der Waals surface area contributed by atoms with Gasteiger partial charge in [0.1, 0.15) is 18.1 Å². The molecule has 4 nitrogen and oxygen atoms in total. The zero-order chi connectivity index (χ0) is 23.7. The Bertz CT molecular complexity index is 1330. The predicted molar refractivity (Wildman–Crippen MR) is 139 cm³/mol. The number of rotatable bonds is 7. The summed E-state index contributed by atoms with van der Waals surface area (Å²) in [6, 6.07) is 21.0. The largest absolute Gasteiger partial charge is 0.508 e. The molecule has 0 amide bonds. The van der Waals surface area contributed by atoms with Crippen LogP contribution in [0.5, 0.6) is 11.5 Å². The topological polar surface area (TPSA) is 49.8 Å². The number of ketones is 1. The van der Waals surface area contributed by atoms with E-state index in [1.807, 2.05) is 61.5 Å². The fourth-order valence-electron chi connectivity index (χ4n) is 4.72. The highest BCUT2D eigenvalue weighted by Crippen LogP contribution is 2.41. The first-order valence-corrected chi connectivity index (χ1v) is 12.6. The number of phenols is 1. The van der Waals surface area contributed by atoms with Crippen molar-refractivity contribution in [1.29, 1.82) is 0 Å². The van der Waals surface area contributed by atoms with Gasteiger partial charge in [-0.25, -0.2) is 0 Å². The molecule has 5 rings (SSSR count). The lowest BCUT2D eigenvalue weighted by Gasteiger charge is -2.15. The lowest BCUT2D eigenvalue weighted by atomic mass is 9.96. The van der Waals surface area contributed by atoms with Gasteiger partial charge < -0.3 is 9.84 Å². The summed E-state index contributed by atoms with van der Waals surface area (Å²) in [7, 11) is 0. The SMILES string of the molecule is Cc1ccccc1C(=O)c1sc2cc(O)ccc2c1-c1ccc(OCCN2CC[C@@H](C)C2)cc1. The average Bonchev–Trinajstić information content (AvgIpc) is 3.42. The van der Waals surface area contributed by atoms with E-state index in [9.17, 15) is 9.90 Å². The van der Waals surface area contributed by atoms with Crippen LogP contribution in [0, 0.1) is 12.8 Å². The van der Waals surface area contributed by atoms with Gasteiger partial charge in [-0.2, -0.15) is 0 Å². The summed E-state index contributed by atoms with van der Waals surface area (Å²) in [4.78, 5) is 16.7. The van der Waals surface area contributed by atoms with E-state index in [0.717, 1.165) is 58.1 Å². The molecule has 34 heavy (non-hydrogen) atoms. The average molecular weight is 472 g/mol. The standard InChI is InChI=1S/C29H29NO3S/c1-19-13-14-30(18-19)15-16-33-23-10-7-21(8-11-23)27-25-12-9-22(31)17-26(25)34-29(27)28(32)24-6-4-3-5-20(24)2/h3-12,17,19,31H,13-16,18H2,1-2H3/t19-/m1/s1. The molecule has 0 aliphatic carbocycles. The van der Waals surface area contributed by atoms with Crippen molar-refractivity contribution < 1.29 is 14.6 Å². The van der Waals surface area contributed by atoms with Gasteiger partial charge in [0.05, 0.1) is 4.88 Å². The number of likely N-dealkylation sites (tertiary alicyclic amines) is 1. The fraction of sp³-hybridized carbons (Fsp3) is 0.276. The number of hydrogen-bond acceptors (Lipinski definition) is 5. The number of phenolic OH excluding ortho intramolecular Hbond substituents is 1. The number of thiophene rings is 1.